The smallest absolute Gasteiger partial charge is 0.289 e. The number of carbonyl (C=O) groups excluding carboxylic acids is 1. The standard InChI is InChI=1S/C13H16N4O3/c1-4-16(9-13(18)15(2)3)11-6-5-10(8-14)12(7-11)17(19)20/h5-7H,4,9H2,1-3H3. The Bertz CT molecular complexity index is 563. The summed E-state index contributed by atoms with van der Waals surface area (Å²) in [5.74, 6) is -0.0983. The Morgan fingerprint density at radius 2 is 2.10 bits per heavy atom. The largest absolute Gasteiger partial charge is 0.362 e. The van der Waals surface area contributed by atoms with Crippen LogP contribution in [0.3, 0.4) is 0 Å². The molecule has 0 fully saturated rings. The molecule has 106 valence electrons. The van der Waals surface area contributed by atoms with Crippen LogP contribution in [-0.4, -0.2) is 42.9 Å². The summed E-state index contributed by atoms with van der Waals surface area (Å²) in [7, 11) is 3.30. The summed E-state index contributed by atoms with van der Waals surface area (Å²) in [5, 5.41) is 19.8. The fraction of sp³-hybridized carbons (Fsp3) is 0.385. The third-order valence-electron chi connectivity index (χ3n) is 2.87. The molecule has 0 saturated carbocycles. The maximum Gasteiger partial charge on any atom is 0.289 e. The predicted molar refractivity (Wildman–Crippen MR) is 74.4 cm³/mol. The van der Waals surface area contributed by atoms with Crippen molar-refractivity contribution in [3.63, 3.8) is 0 Å². The van der Waals surface area contributed by atoms with Crippen LogP contribution in [0.2, 0.25) is 0 Å². The first kappa shape index (κ1) is 15.4. The van der Waals surface area contributed by atoms with Crippen LogP contribution in [-0.2, 0) is 4.79 Å². The molecule has 0 heterocycles. The molecule has 0 aromatic heterocycles. The topological polar surface area (TPSA) is 90.5 Å². The summed E-state index contributed by atoms with van der Waals surface area (Å²) in [6.07, 6.45) is 0. The van der Waals surface area contributed by atoms with Crippen molar-refractivity contribution in [1.82, 2.24) is 4.90 Å². The molecule has 0 bridgehead atoms. The average molecular weight is 276 g/mol. The van der Waals surface area contributed by atoms with Crippen LogP contribution in [0, 0.1) is 21.4 Å². The van der Waals surface area contributed by atoms with E-state index in [1.807, 2.05) is 6.92 Å². The van der Waals surface area contributed by atoms with Crippen LogP contribution in [0.5, 0.6) is 0 Å². The van der Waals surface area contributed by atoms with Gasteiger partial charge in [0.2, 0.25) is 5.91 Å². The van der Waals surface area contributed by atoms with E-state index in [1.165, 1.54) is 17.0 Å². The second-order valence-corrected chi connectivity index (χ2v) is 4.37. The lowest BCUT2D eigenvalue weighted by Gasteiger charge is -2.24. The molecule has 1 aromatic carbocycles. The Morgan fingerprint density at radius 1 is 1.45 bits per heavy atom. The first-order chi connectivity index (χ1) is 9.40. The number of rotatable bonds is 5. The fourth-order valence-electron chi connectivity index (χ4n) is 1.65. The van der Waals surface area contributed by atoms with Crippen LogP contribution in [0.4, 0.5) is 11.4 Å². The number of amides is 1. The molecule has 0 unspecified atom stereocenters. The van der Waals surface area contributed by atoms with Crippen LogP contribution >= 0.6 is 0 Å². The van der Waals surface area contributed by atoms with E-state index in [4.69, 9.17) is 5.26 Å². The number of anilines is 1. The van der Waals surface area contributed by atoms with Gasteiger partial charge in [0.15, 0.2) is 0 Å². The summed E-state index contributed by atoms with van der Waals surface area (Å²) in [6, 6.07) is 6.12. The second-order valence-electron chi connectivity index (χ2n) is 4.37. The molecule has 0 atom stereocenters. The lowest BCUT2D eigenvalue weighted by atomic mass is 10.1. The Kier molecular flexibility index (Phi) is 5.03. The van der Waals surface area contributed by atoms with Crippen LogP contribution in [0.15, 0.2) is 18.2 Å². The molecule has 1 aromatic rings. The van der Waals surface area contributed by atoms with Gasteiger partial charge in [0, 0.05) is 32.4 Å². The Morgan fingerprint density at radius 3 is 2.55 bits per heavy atom. The van der Waals surface area contributed by atoms with Gasteiger partial charge in [-0.3, -0.25) is 14.9 Å². The summed E-state index contributed by atoms with van der Waals surface area (Å²) >= 11 is 0. The van der Waals surface area contributed by atoms with Crippen molar-refractivity contribution in [2.75, 3.05) is 32.1 Å². The van der Waals surface area contributed by atoms with Crippen molar-refractivity contribution in [1.29, 1.82) is 5.26 Å². The molecule has 1 rings (SSSR count). The summed E-state index contributed by atoms with van der Waals surface area (Å²) in [4.78, 5) is 25.2. The van der Waals surface area contributed by atoms with Gasteiger partial charge in [-0.25, -0.2) is 0 Å². The second kappa shape index (κ2) is 6.52. The molecule has 0 radical (unpaired) electrons. The van der Waals surface area contributed by atoms with Gasteiger partial charge in [-0.05, 0) is 19.1 Å². The van der Waals surface area contributed by atoms with Crippen molar-refractivity contribution in [3.05, 3.63) is 33.9 Å². The molecule has 0 N–H and O–H groups in total. The zero-order valence-corrected chi connectivity index (χ0v) is 11.7. The SMILES string of the molecule is CCN(CC(=O)N(C)C)c1ccc(C#N)c([N+](=O)[O-])c1. The Balaban J connectivity index is 3.11. The normalized spacial score (nSPS) is 9.70. The molecule has 0 aliphatic heterocycles. The number of nitro groups is 1. The fourth-order valence-corrected chi connectivity index (χ4v) is 1.65. The van der Waals surface area contributed by atoms with E-state index >= 15 is 0 Å². The lowest BCUT2D eigenvalue weighted by Crippen LogP contribution is -2.36. The number of benzene rings is 1. The van der Waals surface area contributed by atoms with Crippen LogP contribution in [0.1, 0.15) is 12.5 Å². The monoisotopic (exact) mass is 276 g/mol. The van der Waals surface area contributed by atoms with E-state index in [9.17, 15) is 14.9 Å². The molecular weight excluding hydrogens is 260 g/mol. The number of carbonyl (C=O) groups is 1. The van der Waals surface area contributed by atoms with Crippen LogP contribution in [0.25, 0.3) is 0 Å². The minimum atomic E-state index is -0.594. The van der Waals surface area contributed by atoms with E-state index in [2.05, 4.69) is 0 Å². The van der Waals surface area contributed by atoms with E-state index in [1.54, 1.807) is 31.1 Å². The predicted octanol–water partition coefficient (Wildman–Crippen LogP) is 1.38. The Labute approximate surface area is 117 Å². The van der Waals surface area contributed by atoms with E-state index in [0.29, 0.717) is 12.2 Å². The summed E-state index contributed by atoms with van der Waals surface area (Å²) in [6.45, 7) is 2.52. The van der Waals surface area contributed by atoms with Gasteiger partial charge in [0.1, 0.15) is 11.6 Å². The maximum absolute atomic E-state index is 11.7. The van der Waals surface area contributed by atoms with E-state index in [-0.39, 0.29) is 23.7 Å². The highest BCUT2D eigenvalue weighted by atomic mass is 16.6. The Hall–Kier alpha value is -2.62. The molecule has 0 spiro atoms. The van der Waals surface area contributed by atoms with E-state index in [0.717, 1.165) is 0 Å². The first-order valence-corrected chi connectivity index (χ1v) is 6.04. The minimum absolute atomic E-state index is 0.00809. The highest BCUT2D eigenvalue weighted by molar-refractivity contribution is 5.81. The number of likely N-dealkylation sites (N-methyl/N-ethyl adjacent to an activating group) is 2. The number of nitriles is 1. The highest BCUT2D eigenvalue weighted by Gasteiger charge is 2.18. The third kappa shape index (κ3) is 3.45. The number of hydrogen-bond acceptors (Lipinski definition) is 5. The number of nitro benzene ring substituents is 1. The summed E-state index contributed by atoms with van der Waals surface area (Å²) < 4.78 is 0. The molecule has 0 aliphatic carbocycles. The van der Waals surface area contributed by atoms with Gasteiger partial charge in [-0.15, -0.1) is 0 Å². The molecule has 0 saturated heterocycles. The van der Waals surface area contributed by atoms with Gasteiger partial charge in [0.25, 0.3) is 5.69 Å². The zero-order valence-electron chi connectivity index (χ0n) is 11.7. The van der Waals surface area contributed by atoms with Gasteiger partial charge in [-0.1, -0.05) is 0 Å². The lowest BCUT2D eigenvalue weighted by molar-refractivity contribution is -0.385. The first-order valence-electron chi connectivity index (χ1n) is 6.04. The quantitative estimate of drug-likeness (QED) is 0.598. The summed E-state index contributed by atoms with van der Waals surface area (Å²) in [5.41, 5.74) is 0.308. The third-order valence-corrected chi connectivity index (χ3v) is 2.87. The van der Waals surface area contributed by atoms with Crippen molar-refractivity contribution in [3.8, 4) is 6.07 Å². The zero-order chi connectivity index (χ0) is 15.3. The van der Waals surface area contributed by atoms with Crippen LogP contribution < -0.4 is 4.90 Å². The highest BCUT2D eigenvalue weighted by Crippen LogP contribution is 2.25. The van der Waals surface area contributed by atoms with Gasteiger partial charge < -0.3 is 9.80 Å². The van der Waals surface area contributed by atoms with Crippen molar-refractivity contribution in [2.24, 2.45) is 0 Å². The average Bonchev–Trinajstić information content (AvgIpc) is 2.43. The van der Waals surface area contributed by atoms with Crippen molar-refractivity contribution in [2.45, 2.75) is 6.92 Å². The molecule has 7 heteroatoms. The molecule has 0 aliphatic rings. The van der Waals surface area contributed by atoms with Gasteiger partial charge in [0.05, 0.1) is 11.5 Å². The molecule has 1 amide bonds. The van der Waals surface area contributed by atoms with Crippen molar-refractivity contribution >= 4 is 17.3 Å². The van der Waals surface area contributed by atoms with Gasteiger partial charge in [-0.2, -0.15) is 5.26 Å². The maximum atomic E-state index is 11.7. The van der Waals surface area contributed by atoms with Crippen molar-refractivity contribution < 1.29 is 9.72 Å². The molecule has 20 heavy (non-hydrogen) atoms. The van der Waals surface area contributed by atoms with E-state index < -0.39 is 4.92 Å². The minimum Gasteiger partial charge on any atom is -0.362 e. The number of hydrogen-bond donors (Lipinski definition) is 0. The number of nitrogens with zero attached hydrogens (tertiary/aromatic N) is 4. The molecular formula is C13H16N4O3. The van der Waals surface area contributed by atoms with Gasteiger partial charge >= 0.3 is 0 Å². The molecule has 7 nitrogen and oxygen atoms in total.